The van der Waals surface area contributed by atoms with Gasteiger partial charge in [-0.25, -0.2) is 8.42 Å². The number of aryl methyl sites for hydroxylation is 2. The maximum absolute atomic E-state index is 13.0. The number of primary amides is 1. The predicted molar refractivity (Wildman–Crippen MR) is 125 cm³/mol. The van der Waals surface area contributed by atoms with Crippen molar-refractivity contribution >= 4 is 27.5 Å². The first kappa shape index (κ1) is 24.4. The molecule has 1 atom stereocenters. The zero-order valence-electron chi connectivity index (χ0n) is 19.5. The van der Waals surface area contributed by atoms with E-state index in [1.54, 1.807) is 13.8 Å². The Hall–Kier alpha value is -2.76. The number of nitrogens with one attached hydrogen (secondary N) is 1. The third-order valence-corrected chi connectivity index (χ3v) is 8.87. The van der Waals surface area contributed by atoms with Crippen molar-refractivity contribution in [3.05, 3.63) is 41.3 Å². The number of benzene rings is 1. The molecule has 0 aliphatic carbocycles. The molecule has 34 heavy (non-hydrogen) atoms. The summed E-state index contributed by atoms with van der Waals surface area (Å²) in [4.78, 5) is 26.9. The fraction of sp³-hybridized carbons (Fsp3) is 0.522. The van der Waals surface area contributed by atoms with Crippen LogP contribution in [0.5, 0.6) is 0 Å². The average Bonchev–Trinajstić information content (AvgIpc) is 3.41. The van der Waals surface area contributed by atoms with E-state index < -0.39 is 10.0 Å². The number of sulfonamides is 1. The number of carbonyl (C=O) groups is 2. The number of carbonyl (C=O) groups excluding carboxylic acids is 2. The van der Waals surface area contributed by atoms with Crippen LogP contribution >= 0.6 is 0 Å². The fourth-order valence-electron chi connectivity index (χ4n) is 4.90. The van der Waals surface area contributed by atoms with Gasteiger partial charge in [0.25, 0.3) is 0 Å². The second-order valence-electron chi connectivity index (χ2n) is 9.01. The predicted octanol–water partition coefficient (Wildman–Crippen LogP) is 1.78. The SMILES string of the molecule is Cc1noc(C)c1S(=O)(=O)N1CCC(C(=O)Nc2ccccc2CN2CCCC2C(N)=O)CC1. The molecule has 184 valence electrons. The minimum absolute atomic E-state index is 0.112. The zero-order chi connectivity index (χ0) is 24.5. The number of amides is 2. The summed E-state index contributed by atoms with van der Waals surface area (Å²) in [6.45, 7) is 5.00. The normalized spacial score (nSPS) is 20.5. The lowest BCUT2D eigenvalue weighted by atomic mass is 9.97. The van der Waals surface area contributed by atoms with Crippen molar-refractivity contribution in [2.45, 2.75) is 57.0 Å². The number of hydrogen-bond donors (Lipinski definition) is 2. The molecule has 2 saturated heterocycles. The average molecular weight is 490 g/mol. The standard InChI is InChI=1S/C23H31N5O5S/c1-15-21(16(2)33-26-15)34(31,32)28-12-9-17(10-13-28)23(30)25-19-7-4-3-6-18(19)14-27-11-5-8-20(27)22(24)29/h3-4,6-7,17,20H,5,8-14H2,1-2H3,(H2,24,29)(H,25,30). The fourth-order valence-corrected chi connectivity index (χ4v) is 6.66. The monoisotopic (exact) mass is 489 g/mol. The molecule has 1 unspecified atom stereocenters. The van der Waals surface area contributed by atoms with Gasteiger partial charge in [0.15, 0.2) is 5.76 Å². The minimum atomic E-state index is -3.72. The summed E-state index contributed by atoms with van der Waals surface area (Å²) in [5, 5.41) is 6.78. The van der Waals surface area contributed by atoms with Crippen LogP contribution < -0.4 is 11.1 Å². The van der Waals surface area contributed by atoms with Crippen LogP contribution in [-0.2, 0) is 26.2 Å². The van der Waals surface area contributed by atoms with Crippen molar-refractivity contribution < 1.29 is 22.5 Å². The van der Waals surface area contributed by atoms with Crippen LogP contribution in [0.2, 0.25) is 0 Å². The van der Waals surface area contributed by atoms with Gasteiger partial charge in [-0.1, -0.05) is 23.4 Å². The van der Waals surface area contributed by atoms with E-state index in [0.717, 1.165) is 24.9 Å². The first-order valence-electron chi connectivity index (χ1n) is 11.5. The molecule has 0 radical (unpaired) electrons. The van der Waals surface area contributed by atoms with Gasteiger partial charge in [0.1, 0.15) is 10.6 Å². The number of piperidine rings is 1. The Morgan fingerprint density at radius 3 is 2.50 bits per heavy atom. The van der Waals surface area contributed by atoms with Gasteiger partial charge in [-0.15, -0.1) is 0 Å². The topological polar surface area (TPSA) is 139 Å². The van der Waals surface area contributed by atoms with Crippen molar-refractivity contribution in [2.75, 3.05) is 25.0 Å². The Labute approximate surface area is 199 Å². The largest absolute Gasteiger partial charge is 0.368 e. The highest BCUT2D eigenvalue weighted by atomic mass is 32.2. The lowest BCUT2D eigenvalue weighted by molar-refractivity contribution is -0.122. The number of likely N-dealkylation sites (tertiary alicyclic amines) is 1. The van der Waals surface area contributed by atoms with Crippen LogP contribution in [0.1, 0.15) is 42.7 Å². The van der Waals surface area contributed by atoms with Crippen LogP contribution in [0, 0.1) is 19.8 Å². The molecule has 0 saturated carbocycles. The van der Waals surface area contributed by atoms with Crippen molar-refractivity contribution in [1.82, 2.24) is 14.4 Å². The van der Waals surface area contributed by atoms with Gasteiger partial charge in [-0.3, -0.25) is 14.5 Å². The summed E-state index contributed by atoms with van der Waals surface area (Å²) in [7, 11) is -3.72. The molecule has 0 spiro atoms. The molecule has 3 heterocycles. The smallest absolute Gasteiger partial charge is 0.248 e. The molecule has 2 fully saturated rings. The van der Waals surface area contributed by atoms with Gasteiger partial charge in [-0.05, 0) is 57.7 Å². The third kappa shape index (κ3) is 4.86. The second-order valence-corrected chi connectivity index (χ2v) is 10.9. The van der Waals surface area contributed by atoms with Crippen LogP contribution in [0.15, 0.2) is 33.7 Å². The molecule has 1 aromatic carbocycles. The molecule has 0 bridgehead atoms. The van der Waals surface area contributed by atoms with Crippen LogP contribution in [0.25, 0.3) is 0 Å². The number of nitrogens with two attached hydrogens (primary N) is 1. The first-order valence-corrected chi connectivity index (χ1v) is 13.0. The summed E-state index contributed by atoms with van der Waals surface area (Å²) in [5.41, 5.74) is 7.50. The number of rotatable bonds is 7. The maximum atomic E-state index is 13.0. The highest BCUT2D eigenvalue weighted by Gasteiger charge is 2.36. The van der Waals surface area contributed by atoms with Crippen molar-refractivity contribution in [3.8, 4) is 0 Å². The second kappa shape index (κ2) is 9.85. The van der Waals surface area contributed by atoms with Gasteiger partial charge >= 0.3 is 0 Å². The molecular formula is C23H31N5O5S. The summed E-state index contributed by atoms with van der Waals surface area (Å²) in [5.74, 6) is -0.480. The summed E-state index contributed by atoms with van der Waals surface area (Å²) >= 11 is 0. The minimum Gasteiger partial charge on any atom is -0.368 e. The Morgan fingerprint density at radius 1 is 1.15 bits per heavy atom. The number of anilines is 1. The van der Waals surface area contributed by atoms with Gasteiger partial charge in [0.05, 0.1) is 6.04 Å². The highest BCUT2D eigenvalue weighted by Crippen LogP contribution is 2.29. The molecule has 1 aromatic heterocycles. The van der Waals surface area contributed by atoms with E-state index in [0.29, 0.717) is 30.8 Å². The van der Waals surface area contributed by atoms with Gasteiger partial charge in [-0.2, -0.15) is 4.31 Å². The molecule has 2 aromatic rings. The number of nitrogens with zero attached hydrogens (tertiary/aromatic N) is 3. The van der Waals surface area contributed by atoms with Crippen LogP contribution in [-0.4, -0.2) is 60.3 Å². The van der Waals surface area contributed by atoms with Crippen LogP contribution in [0.4, 0.5) is 5.69 Å². The Kier molecular flexibility index (Phi) is 7.06. The van der Waals surface area contributed by atoms with Crippen molar-refractivity contribution in [2.24, 2.45) is 11.7 Å². The van der Waals surface area contributed by atoms with Crippen LogP contribution in [0.3, 0.4) is 0 Å². The maximum Gasteiger partial charge on any atom is 0.248 e. The van der Waals surface area contributed by atoms with Crippen molar-refractivity contribution in [3.63, 3.8) is 0 Å². The molecule has 10 nitrogen and oxygen atoms in total. The number of para-hydroxylation sites is 1. The van der Waals surface area contributed by atoms with E-state index in [2.05, 4.69) is 10.5 Å². The van der Waals surface area contributed by atoms with E-state index in [1.165, 1.54) is 4.31 Å². The molecule has 2 aliphatic heterocycles. The quantitative estimate of drug-likeness (QED) is 0.604. The van der Waals surface area contributed by atoms with E-state index in [-0.39, 0.29) is 47.5 Å². The van der Waals surface area contributed by atoms with E-state index in [4.69, 9.17) is 10.3 Å². The molecule has 2 aliphatic rings. The molecule has 2 amide bonds. The Balaban J connectivity index is 1.39. The van der Waals surface area contributed by atoms with Gasteiger partial charge in [0, 0.05) is 31.2 Å². The van der Waals surface area contributed by atoms with E-state index in [9.17, 15) is 18.0 Å². The summed E-state index contributed by atoms with van der Waals surface area (Å²) < 4.78 is 32.5. The molecule has 4 rings (SSSR count). The zero-order valence-corrected chi connectivity index (χ0v) is 20.3. The van der Waals surface area contributed by atoms with Crippen molar-refractivity contribution in [1.29, 1.82) is 0 Å². The Bertz CT molecular complexity index is 1150. The summed E-state index contributed by atoms with van der Waals surface area (Å²) in [6, 6.07) is 7.25. The van der Waals surface area contributed by atoms with Gasteiger partial charge in [0.2, 0.25) is 21.8 Å². The molecule has 3 N–H and O–H groups in total. The van der Waals surface area contributed by atoms with E-state index in [1.807, 2.05) is 29.2 Å². The Morgan fingerprint density at radius 2 is 1.85 bits per heavy atom. The lowest BCUT2D eigenvalue weighted by Crippen LogP contribution is -2.42. The highest BCUT2D eigenvalue weighted by molar-refractivity contribution is 7.89. The van der Waals surface area contributed by atoms with Gasteiger partial charge < -0.3 is 15.6 Å². The molecular weight excluding hydrogens is 458 g/mol. The van der Waals surface area contributed by atoms with E-state index >= 15 is 0 Å². The summed E-state index contributed by atoms with van der Waals surface area (Å²) in [6.07, 6.45) is 2.51. The number of hydrogen-bond acceptors (Lipinski definition) is 7. The molecule has 11 heteroatoms. The first-order chi connectivity index (χ1) is 16.2. The number of aromatic nitrogens is 1. The third-order valence-electron chi connectivity index (χ3n) is 6.73. The lowest BCUT2D eigenvalue weighted by Gasteiger charge is -2.30.